The molecular weight excluding hydrogens is 172 g/mol. The maximum atomic E-state index is 2.70. The molecule has 2 fully saturated rings. The molecule has 2 saturated heterocycles. The monoisotopic (exact) mass is 197 g/mol. The van der Waals surface area contributed by atoms with Crippen LogP contribution in [0.4, 0.5) is 0 Å². The van der Waals surface area contributed by atoms with Gasteiger partial charge in [-0.3, -0.25) is 4.90 Å². The number of likely N-dealkylation sites (N-methyl/N-ethyl adjacent to an activating group) is 1. The summed E-state index contributed by atoms with van der Waals surface area (Å²) >= 11 is 0. The molecule has 0 aromatic rings. The zero-order valence-electron chi connectivity index (χ0n) is 10.3. The van der Waals surface area contributed by atoms with Crippen molar-refractivity contribution in [3.8, 4) is 0 Å². The molecule has 14 heavy (non-hydrogen) atoms. The molecule has 2 nitrogen and oxygen atoms in total. The lowest BCUT2D eigenvalue weighted by Gasteiger charge is -2.45. The molecule has 3 atom stereocenters. The van der Waals surface area contributed by atoms with Crippen LogP contribution in [0.1, 0.15) is 34.1 Å². The van der Waals surface area contributed by atoms with Crippen LogP contribution in [-0.4, -0.2) is 53.7 Å². The first-order valence-electron chi connectivity index (χ1n) is 6.05. The van der Waals surface area contributed by atoms with Crippen LogP contribution in [0.25, 0.3) is 0 Å². The van der Waals surface area contributed by atoms with Gasteiger partial charge in [0, 0.05) is 12.5 Å². The molecule has 0 spiro atoms. The third kappa shape index (κ3) is 1.31. The minimum Gasteiger partial charge on any atom is -0.319 e. The Balaban J connectivity index is 2.10. The van der Waals surface area contributed by atoms with E-state index in [-0.39, 0.29) is 0 Å². The molecule has 1 unspecified atom stereocenters. The van der Waals surface area contributed by atoms with E-state index in [1.807, 2.05) is 0 Å². The van der Waals surface area contributed by atoms with Gasteiger partial charge in [0.05, 0.1) is 32.2 Å². The zero-order valence-corrected chi connectivity index (χ0v) is 10.3. The molecule has 0 aliphatic carbocycles. The van der Waals surface area contributed by atoms with Gasteiger partial charge in [-0.1, -0.05) is 0 Å². The molecular formula is C12H25N2+. The van der Waals surface area contributed by atoms with Crippen molar-refractivity contribution < 1.29 is 4.48 Å². The first kappa shape index (κ1) is 10.4. The van der Waals surface area contributed by atoms with Crippen LogP contribution in [0.5, 0.6) is 0 Å². The number of fused-ring (bicyclic) bond motifs is 2. The maximum absolute atomic E-state index is 2.70. The third-order valence-corrected chi connectivity index (χ3v) is 4.72. The van der Waals surface area contributed by atoms with E-state index in [0.717, 1.165) is 24.2 Å². The molecule has 0 radical (unpaired) electrons. The Hall–Kier alpha value is -0.0800. The first-order chi connectivity index (χ1) is 6.45. The van der Waals surface area contributed by atoms with E-state index in [0.29, 0.717) is 0 Å². The fraction of sp³-hybridized carbons (Fsp3) is 1.00. The van der Waals surface area contributed by atoms with Gasteiger partial charge in [-0.05, 0) is 27.7 Å². The predicted octanol–water partition coefficient (Wildman–Crippen LogP) is 1.71. The summed E-state index contributed by atoms with van der Waals surface area (Å²) in [4.78, 5) is 2.70. The summed E-state index contributed by atoms with van der Waals surface area (Å²) in [6.45, 7) is 12.1. The van der Waals surface area contributed by atoms with Crippen LogP contribution in [0.15, 0.2) is 0 Å². The van der Waals surface area contributed by atoms with Crippen LogP contribution in [0.2, 0.25) is 0 Å². The number of piperazine rings is 1. The molecule has 2 heteroatoms. The maximum Gasteiger partial charge on any atom is 0.104 e. The van der Waals surface area contributed by atoms with Crippen molar-refractivity contribution in [1.82, 2.24) is 4.90 Å². The second-order valence-electron chi connectivity index (χ2n) is 5.96. The second-order valence-corrected chi connectivity index (χ2v) is 5.96. The average molecular weight is 197 g/mol. The van der Waals surface area contributed by atoms with Crippen molar-refractivity contribution in [2.24, 2.45) is 0 Å². The van der Waals surface area contributed by atoms with Crippen molar-refractivity contribution in [2.75, 3.05) is 20.1 Å². The van der Waals surface area contributed by atoms with E-state index < -0.39 is 0 Å². The summed E-state index contributed by atoms with van der Waals surface area (Å²) in [5.74, 6) is 0. The number of hydrogen-bond acceptors (Lipinski definition) is 1. The molecule has 0 aromatic carbocycles. The number of nitrogens with zero attached hydrogens (tertiary/aromatic N) is 2. The predicted molar refractivity (Wildman–Crippen MR) is 60.2 cm³/mol. The van der Waals surface area contributed by atoms with Crippen LogP contribution in [0.3, 0.4) is 0 Å². The third-order valence-electron chi connectivity index (χ3n) is 4.72. The molecule has 2 heterocycles. The standard InChI is InChI=1S/C12H25N2/c1-9(2)13-7-12-6-11(13)8-14(12,5)10(3)4/h9-12H,6-8H2,1-5H3/q+1/t11-,12-,14?/m1/s1. The molecule has 2 bridgehead atoms. The minimum atomic E-state index is 0.742. The van der Waals surface area contributed by atoms with Crippen molar-refractivity contribution in [1.29, 1.82) is 0 Å². The Morgan fingerprint density at radius 3 is 2.21 bits per heavy atom. The molecule has 0 aromatic heterocycles. The first-order valence-corrected chi connectivity index (χ1v) is 6.05. The lowest BCUT2D eigenvalue weighted by molar-refractivity contribution is -0.944. The molecule has 2 aliphatic heterocycles. The lowest BCUT2D eigenvalue weighted by atomic mass is 10.1. The van der Waals surface area contributed by atoms with Crippen LogP contribution >= 0.6 is 0 Å². The van der Waals surface area contributed by atoms with Crippen molar-refractivity contribution in [2.45, 2.75) is 58.3 Å². The summed E-state index contributed by atoms with van der Waals surface area (Å²) in [6, 6.07) is 3.31. The van der Waals surface area contributed by atoms with Gasteiger partial charge >= 0.3 is 0 Å². The van der Waals surface area contributed by atoms with Gasteiger partial charge in [-0.25, -0.2) is 0 Å². The van der Waals surface area contributed by atoms with Crippen molar-refractivity contribution in [3.05, 3.63) is 0 Å². The largest absolute Gasteiger partial charge is 0.319 e. The summed E-state index contributed by atoms with van der Waals surface area (Å²) < 4.78 is 1.31. The highest BCUT2D eigenvalue weighted by Crippen LogP contribution is 2.38. The van der Waals surface area contributed by atoms with Gasteiger partial charge in [-0.15, -0.1) is 0 Å². The number of hydrogen-bond donors (Lipinski definition) is 0. The summed E-state index contributed by atoms with van der Waals surface area (Å²) in [6.07, 6.45) is 1.44. The van der Waals surface area contributed by atoms with Gasteiger partial charge < -0.3 is 4.48 Å². The van der Waals surface area contributed by atoms with Gasteiger partial charge in [0.25, 0.3) is 0 Å². The van der Waals surface area contributed by atoms with Gasteiger partial charge in [0.15, 0.2) is 0 Å². The van der Waals surface area contributed by atoms with E-state index >= 15 is 0 Å². The number of rotatable bonds is 2. The Kier molecular flexibility index (Phi) is 2.39. The summed E-state index contributed by atoms with van der Waals surface area (Å²) in [5.41, 5.74) is 0. The lowest BCUT2D eigenvalue weighted by Crippen LogP contribution is -2.61. The summed E-state index contributed by atoms with van der Waals surface area (Å²) in [5, 5.41) is 0. The molecule has 0 N–H and O–H groups in total. The number of likely N-dealkylation sites (tertiary alicyclic amines) is 2. The quantitative estimate of drug-likeness (QED) is 0.609. The Morgan fingerprint density at radius 2 is 1.86 bits per heavy atom. The van der Waals surface area contributed by atoms with Crippen LogP contribution in [-0.2, 0) is 0 Å². The number of quaternary nitrogens is 1. The molecule has 0 amide bonds. The van der Waals surface area contributed by atoms with E-state index in [1.165, 1.54) is 24.0 Å². The molecule has 2 rings (SSSR count). The van der Waals surface area contributed by atoms with Gasteiger partial charge in [0.1, 0.15) is 6.04 Å². The molecule has 2 aliphatic rings. The average Bonchev–Trinajstić information content (AvgIpc) is 2.60. The van der Waals surface area contributed by atoms with Crippen LogP contribution < -0.4 is 0 Å². The Morgan fingerprint density at radius 1 is 1.21 bits per heavy atom. The van der Waals surface area contributed by atoms with Gasteiger partial charge in [0.2, 0.25) is 0 Å². The van der Waals surface area contributed by atoms with E-state index in [2.05, 4.69) is 39.6 Å². The van der Waals surface area contributed by atoms with E-state index in [9.17, 15) is 0 Å². The van der Waals surface area contributed by atoms with Gasteiger partial charge in [-0.2, -0.15) is 0 Å². The SMILES string of the molecule is CC(C)N1C[C@H]2C[C@@H]1C[N+]2(C)C(C)C. The van der Waals surface area contributed by atoms with Crippen molar-refractivity contribution >= 4 is 0 Å². The van der Waals surface area contributed by atoms with Crippen LogP contribution in [0, 0.1) is 0 Å². The van der Waals surface area contributed by atoms with E-state index in [1.54, 1.807) is 0 Å². The molecule has 82 valence electrons. The second kappa shape index (κ2) is 3.21. The Labute approximate surface area is 88.5 Å². The highest BCUT2D eigenvalue weighted by molar-refractivity contribution is 4.94. The van der Waals surface area contributed by atoms with Crippen molar-refractivity contribution in [3.63, 3.8) is 0 Å². The van der Waals surface area contributed by atoms with E-state index in [4.69, 9.17) is 0 Å². The normalized spacial score (nSPS) is 43.1. The topological polar surface area (TPSA) is 3.24 Å². The highest BCUT2D eigenvalue weighted by atomic mass is 15.5. The smallest absolute Gasteiger partial charge is 0.104 e. The summed E-state index contributed by atoms with van der Waals surface area (Å²) in [7, 11) is 2.45. The fourth-order valence-electron chi connectivity index (χ4n) is 3.39. The highest BCUT2D eigenvalue weighted by Gasteiger charge is 2.54. The minimum absolute atomic E-state index is 0.742. The Bertz CT molecular complexity index is 224. The zero-order chi connectivity index (χ0) is 10.5. The fourth-order valence-corrected chi connectivity index (χ4v) is 3.39. The molecule has 0 saturated carbocycles.